The Morgan fingerprint density at radius 1 is 1.35 bits per heavy atom. The van der Waals surface area contributed by atoms with Gasteiger partial charge in [0.1, 0.15) is 17.7 Å². The first-order chi connectivity index (χ1) is 8.04. The Balaban J connectivity index is 2.54. The molecule has 17 heavy (non-hydrogen) atoms. The number of carbonyl (C=O) groups is 1. The first kappa shape index (κ1) is 11.7. The summed E-state index contributed by atoms with van der Waals surface area (Å²) in [6.45, 7) is 1.66. The second-order valence-corrected chi connectivity index (χ2v) is 3.79. The minimum Gasteiger partial charge on any atom is -0.461 e. The fourth-order valence-electron chi connectivity index (χ4n) is 1.60. The Labute approximate surface area is 96.4 Å². The number of ketones is 1. The number of rotatable bonds is 3. The van der Waals surface area contributed by atoms with E-state index in [-0.39, 0.29) is 22.3 Å². The van der Waals surface area contributed by atoms with Crippen LogP contribution in [0.5, 0.6) is 0 Å². The summed E-state index contributed by atoms with van der Waals surface area (Å²) in [7, 11) is 1.63. The lowest BCUT2D eigenvalue weighted by molar-refractivity contribution is 0.0954. The number of benzene rings is 1. The molecule has 1 N–H and O–H groups in total. The maximum atomic E-state index is 13.6. The van der Waals surface area contributed by atoms with Gasteiger partial charge in [0.15, 0.2) is 11.6 Å². The molecule has 0 aliphatic rings. The van der Waals surface area contributed by atoms with E-state index in [2.05, 4.69) is 5.32 Å². The van der Waals surface area contributed by atoms with Crippen molar-refractivity contribution in [3.8, 4) is 0 Å². The fourth-order valence-corrected chi connectivity index (χ4v) is 1.60. The maximum absolute atomic E-state index is 13.6. The van der Waals surface area contributed by atoms with Gasteiger partial charge in [-0.25, -0.2) is 8.78 Å². The first-order valence-corrected chi connectivity index (χ1v) is 5.12. The van der Waals surface area contributed by atoms with Crippen LogP contribution in [0.3, 0.4) is 0 Å². The smallest absolute Gasteiger partial charge is 0.179 e. The molecule has 0 aliphatic heterocycles. The van der Waals surface area contributed by atoms with Crippen molar-refractivity contribution in [2.24, 2.45) is 0 Å². The number of fused-ring (bicyclic) bond motifs is 1. The summed E-state index contributed by atoms with van der Waals surface area (Å²) in [6, 6.07) is 1.93. The van der Waals surface area contributed by atoms with Gasteiger partial charge in [0.2, 0.25) is 0 Å². The van der Waals surface area contributed by atoms with E-state index in [0.717, 1.165) is 12.3 Å². The number of halogens is 2. The van der Waals surface area contributed by atoms with Crippen LogP contribution in [0.4, 0.5) is 8.78 Å². The van der Waals surface area contributed by atoms with Crippen LogP contribution < -0.4 is 5.32 Å². The van der Waals surface area contributed by atoms with Crippen LogP contribution in [0.25, 0.3) is 11.0 Å². The summed E-state index contributed by atoms with van der Waals surface area (Å²) >= 11 is 0. The molecule has 0 amide bonds. The lowest BCUT2D eigenvalue weighted by atomic mass is 10.0. The van der Waals surface area contributed by atoms with Gasteiger partial charge in [0.25, 0.3) is 0 Å². The topological polar surface area (TPSA) is 42.2 Å². The standard InChI is InChI=1S/C12H11F2NO2/c1-6(15-2)12(16)7-3-8(13)11-9(14)5-17-10(11)4-7/h3-6,15H,1-2H3/t6-/m0/s1. The second-order valence-electron chi connectivity index (χ2n) is 3.79. The quantitative estimate of drug-likeness (QED) is 0.837. The van der Waals surface area contributed by atoms with Gasteiger partial charge in [0, 0.05) is 5.56 Å². The monoisotopic (exact) mass is 239 g/mol. The SMILES string of the molecule is CN[C@@H](C)C(=O)c1cc(F)c2c(F)coc2c1. The highest BCUT2D eigenvalue weighted by Gasteiger charge is 2.18. The van der Waals surface area contributed by atoms with E-state index >= 15 is 0 Å². The Morgan fingerprint density at radius 2 is 2.06 bits per heavy atom. The zero-order valence-corrected chi connectivity index (χ0v) is 9.38. The Kier molecular flexibility index (Phi) is 2.93. The van der Waals surface area contributed by atoms with Crippen molar-refractivity contribution in [2.45, 2.75) is 13.0 Å². The van der Waals surface area contributed by atoms with E-state index in [9.17, 15) is 13.6 Å². The third-order valence-corrected chi connectivity index (χ3v) is 2.69. The molecule has 0 unspecified atom stereocenters. The van der Waals surface area contributed by atoms with E-state index in [1.807, 2.05) is 0 Å². The van der Waals surface area contributed by atoms with Crippen molar-refractivity contribution in [3.05, 3.63) is 35.6 Å². The van der Waals surface area contributed by atoms with Crippen LogP contribution in [-0.4, -0.2) is 18.9 Å². The molecule has 0 aliphatic carbocycles. The molecule has 1 heterocycles. The van der Waals surface area contributed by atoms with E-state index < -0.39 is 17.7 Å². The lowest BCUT2D eigenvalue weighted by Gasteiger charge is -2.08. The molecule has 2 aromatic rings. The number of furan rings is 1. The summed E-state index contributed by atoms with van der Waals surface area (Å²) in [5.74, 6) is -1.83. The van der Waals surface area contributed by atoms with Crippen LogP contribution in [-0.2, 0) is 0 Å². The van der Waals surface area contributed by atoms with Gasteiger partial charge in [-0.15, -0.1) is 0 Å². The zero-order chi connectivity index (χ0) is 12.6. The van der Waals surface area contributed by atoms with Crippen LogP contribution >= 0.6 is 0 Å². The molecular formula is C12H11F2NO2. The summed E-state index contributed by atoms with van der Waals surface area (Å²) < 4.78 is 31.6. The van der Waals surface area contributed by atoms with Gasteiger partial charge >= 0.3 is 0 Å². The van der Waals surface area contributed by atoms with Crippen LogP contribution in [0.2, 0.25) is 0 Å². The summed E-state index contributed by atoms with van der Waals surface area (Å²) in [4.78, 5) is 11.8. The van der Waals surface area contributed by atoms with Gasteiger partial charge in [-0.05, 0) is 26.1 Å². The molecule has 0 bridgehead atoms. The summed E-state index contributed by atoms with van der Waals surface area (Å²) in [5.41, 5.74) is 0.195. The number of Topliss-reactive ketones (excluding diaryl/α,β-unsaturated/α-hetero) is 1. The molecule has 0 saturated carbocycles. The molecule has 1 atom stereocenters. The Hall–Kier alpha value is -1.75. The van der Waals surface area contributed by atoms with Gasteiger partial charge in [-0.2, -0.15) is 0 Å². The van der Waals surface area contributed by atoms with Crippen molar-refractivity contribution in [2.75, 3.05) is 7.05 Å². The predicted octanol–water partition coefficient (Wildman–Crippen LogP) is 2.50. The van der Waals surface area contributed by atoms with E-state index in [0.29, 0.717) is 0 Å². The molecule has 0 fully saturated rings. The molecule has 5 heteroatoms. The molecule has 3 nitrogen and oxygen atoms in total. The van der Waals surface area contributed by atoms with Crippen molar-refractivity contribution in [3.63, 3.8) is 0 Å². The van der Waals surface area contributed by atoms with Gasteiger partial charge in [0.05, 0.1) is 11.4 Å². The van der Waals surface area contributed by atoms with Crippen molar-refractivity contribution >= 4 is 16.8 Å². The zero-order valence-electron chi connectivity index (χ0n) is 9.38. The molecular weight excluding hydrogens is 228 g/mol. The molecule has 0 spiro atoms. The summed E-state index contributed by atoms with van der Waals surface area (Å²) in [6.07, 6.45) is 0.823. The van der Waals surface area contributed by atoms with Gasteiger partial charge in [-0.1, -0.05) is 0 Å². The average molecular weight is 239 g/mol. The maximum Gasteiger partial charge on any atom is 0.179 e. The predicted molar refractivity (Wildman–Crippen MR) is 59.0 cm³/mol. The number of hydrogen-bond acceptors (Lipinski definition) is 3. The largest absolute Gasteiger partial charge is 0.461 e. The normalized spacial score (nSPS) is 12.9. The second kappa shape index (κ2) is 4.25. The first-order valence-electron chi connectivity index (χ1n) is 5.12. The highest BCUT2D eigenvalue weighted by atomic mass is 19.1. The van der Waals surface area contributed by atoms with Gasteiger partial charge < -0.3 is 9.73 Å². The fraction of sp³-hybridized carbons (Fsp3) is 0.250. The van der Waals surface area contributed by atoms with Gasteiger partial charge in [-0.3, -0.25) is 4.79 Å². The highest BCUT2D eigenvalue weighted by molar-refractivity contribution is 6.02. The third kappa shape index (κ3) is 1.93. The highest BCUT2D eigenvalue weighted by Crippen LogP contribution is 2.25. The van der Waals surface area contributed by atoms with E-state index in [4.69, 9.17) is 4.42 Å². The number of nitrogens with one attached hydrogen (secondary N) is 1. The average Bonchev–Trinajstić information content (AvgIpc) is 2.69. The third-order valence-electron chi connectivity index (χ3n) is 2.69. The Morgan fingerprint density at radius 3 is 2.71 bits per heavy atom. The molecule has 90 valence electrons. The van der Waals surface area contributed by atoms with Crippen molar-refractivity contribution in [1.82, 2.24) is 5.32 Å². The number of likely N-dealkylation sites (N-methyl/N-ethyl adjacent to an activating group) is 1. The lowest BCUT2D eigenvalue weighted by Crippen LogP contribution is -2.30. The number of hydrogen-bond donors (Lipinski definition) is 1. The van der Waals surface area contributed by atoms with Crippen LogP contribution in [0.15, 0.2) is 22.8 Å². The van der Waals surface area contributed by atoms with Crippen molar-refractivity contribution in [1.29, 1.82) is 0 Å². The molecule has 0 saturated heterocycles. The Bertz CT molecular complexity index is 577. The molecule has 0 radical (unpaired) electrons. The minimum atomic E-state index is -0.791. The van der Waals surface area contributed by atoms with Crippen molar-refractivity contribution < 1.29 is 18.0 Å². The minimum absolute atomic E-state index is 0.0363. The van der Waals surface area contributed by atoms with Crippen LogP contribution in [0, 0.1) is 11.6 Å². The number of carbonyl (C=O) groups excluding carboxylic acids is 1. The molecule has 1 aromatic heterocycles. The molecule has 2 rings (SSSR count). The van der Waals surface area contributed by atoms with E-state index in [1.54, 1.807) is 14.0 Å². The summed E-state index contributed by atoms with van der Waals surface area (Å²) in [5, 5.41) is 2.54. The van der Waals surface area contributed by atoms with Crippen LogP contribution in [0.1, 0.15) is 17.3 Å². The van der Waals surface area contributed by atoms with E-state index in [1.165, 1.54) is 6.07 Å². The molecule has 1 aromatic carbocycles.